The molecule has 0 saturated carbocycles. The molecular formula is C13H11N3O5S. The van der Waals surface area contributed by atoms with Crippen molar-refractivity contribution in [1.82, 2.24) is 9.21 Å². The molecule has 114 valence electrons. The van der Waals surface area contributed by atoms with Crippen molar-refractivity contribution in [2.24, 2.45) is 0 Å². The molecule has 0 atom stereocenters. The normalized spacial score (nSPS) is 19.7. The summed E-state index contributed by atoms with van der Waals surface area (Å²) in [4.78, 5) is 23.8. The molecule has 1 aromatic carbocycles. The van der Waals surface area contributed by atoms with Gasteiger partial charge in [0.05, 0.1) is 16.5 Å². The van der Waals surface area contributed by atoms with Gasteiger partial charge in [0.15, 0.2) is 6.61 Å². The van der Waals surface area contributed by atoms with E-state index >= 15 is 0 Å². The molecule has 22 heavy (non-hydrogen) atoms. The molecule has 2 fully saturated rings. The average Bonchev–Trinajstić information content (AvgIpc) is 2.77. The number of sulfonamides is 1. The molecule has 8 nitrogen and oxygen atoms in total. The van der Waals surface area contributed by atoms with Crippen LogP contribution in [0.2, 0.25) is 0 Å². The molecule has 2 amide bonds. The monoisotopic (exact) mass is 321 g/mol. The van der Waals surface area contributed by atoms with Crippen LogP contribution in [0.3, 0.4) is 0 Å². The molecule has 0 aromatic heterocycles. The van der Waals surface area contributed by atoms with E-state index in [1.165, 1.54) is 18.2 Å². The minimum absolute atomic E-state index is 0.00291. The van der Waals surface area contributed by atoms with Gasteiger partial charge in [-0.3, -0.25) is 4.79 Å². The maximum atomic E-state index is 12.5. The predicted molar refractivity (Wildman–Crippen MR) is 71.9 cm³/mol. The van der Waals surface area contributed by atoms with Gasteiger partial charge in [-0.15, -0.1) is 0 Å². The first-order valence-corrected chi connectivity index (χ1v) is 7.87. The number of ether oxygens (including phenoxy) is 1. The highest BCUT2D eigenvalue weighted by atomic mass is 32.2. The summed E-state index contributed by atoms with van der Waals surface area (Å²) in [6.45, 7) is -0.300. The van der Waals surface area contributed by atoms with Crippen molar-refractivity contribution in [3.63, 3.8) is 0 Å². The number of benzene rings is 1. The molecule has 0 N–H and O–H groups in total. The second kappa shape index (κ2) is 5.08. The Balaban J connectivity index is 1.79. The summed E-state index contributed by atoms with van der Waals surface area (Å²) in [5, 5.41) is 9.00. The number of nitrogens with zero attached hydrogens (tertiary/aromatic N) is 3. The summed E-state index contributed by atoms with van der Waals surface area (Å²) in [5.74, 6) is -0.468. The van der Waals surface area contributed by atoms with Gasteiger partial charge < -0.3 is 4.74 Å². The zero-order valence-electron chi connectivity index (χ0n) is 11.3. The molecule has 0 bridgehead atoms. The van der Waals surface area contributed by atoms with Gasteiger partial charge in [0.2, 0.25) is 10.0 Å². The molecule has 3 rings (SSSR count). The fourth-order valence-electron chi connectivity index (χ4n) is 2.42. The van der Waals surface area contributed by atoms with Gasteiger partial charge in [-0.25, -0.2) is 18.1 Å². The van der Waals surface area contributed by atoms with Crippen LogP contribution in [0.1, 0.15) is 5.56 Å². The Hall–Kier alpha value is -2.44. The van der Waals surface area contributed by atoms with Gasteiger partial charge in [0.1, 0.15) is 6.07 Å². The molecule has 0 aliphatic carbocycles. The summed E-state index contributed by atoms with van der Waals surface area (Å²) in [5.41, 5.74) is 0.0580. The van der Waals surface area contributed by atoms with Gasteiger partial charge in [0, 0.05) is 13.1 Å². The molecular weight excluding hydrogens is 310 g/mol. The van der Waals surface area contributed by atoms with E-state index in [2.05, 4.69) is 4.74 Å². The average molecular weight is 321 g/mol. The Labute approximate surface area is 126 Å². The highest BCUT2D eigenvalue weighted by Gasteiger charge is 2.47. The fourth-order valence-corrected chi connectivity index (χ4v) is 4.07. The fraction of sp³-hybridized carbons (Fsp3) is 0.308. The Morgan fingerprint density at radius 1 is 1.23 bits per heavy atom. The molecule has 2 heterocycles. The number of rotatable bonds is 3. The zero-order valence-corrected chi connectivity index (χ0v) is 12.1. The van der Waals surface area contributed by atoms with Crippen molar-refractivity contribution in [3.05, 3.63) is 29.8 Å². The van der Waals surface area contributed by atoms with Crippen molar-refractivity contribution in [2.45, 2.75) is 10.9 Å². The maximum absolute atomic E-state index is 12.5. The second-order valence-corrected chi connectivity index (χ2v) is 6.81. The van der Waals surface area contributed by atoms with E-state index in [1.54, 1.807) is 6.07 Å². The number of carbonyl (C=O) groups excluding carboxylic acids is 2. The minimum atomic E-state index is -3.82. The van der Waals surface area contributed by atoms with E-state index in [0.29, 0.717) is 0 Å². The van der Waals surface area contributed by atoms with Gasteiger partial charge >= 0.3 is 6.09 Å². The van der Waals surface area contributed by atoms with Crippen molar-refractivity contribution in [2.75, 3.05) is 19.7 Å². The minimum Gasteiger partial charge on any atom is -0.439 e. The van der Waals surface area contributed by atoms with Gasteiger partial charge in [-0.1, -0.05) is 12.1 Å². The number of cyclic esters (lactones) is 1. The summed E-state index contributed by atoms with van der Waals surface area (Å²) in [6, 6.07) is 7.21. The van der Waals surface area contributed by atoms with Crippen LogP contribution in [0.4, 0.5) is 4.79 Å². The number of nitriles is 1. The highest BCUT2D eigenvalue weighted by Crippen LogP contribution is 2.27. The molecule has 0 spiro atoms. The third kappa shape index (κ3) is 2.13. The van der Waals surface area contributed by atoms with E-state index in [4.69, 9.17) is 5.26 Å². The number of imide groups is 1. The van der Waals surface area contributed by atoms with Crippen molar-refractivity contribution in [1.29, 1.82) is 5.26 Å². The lowest BCUT2D eigenvalue weighted by atomic mass is 10.1. The van der Waals surface area contributed by atoms with Gasteiger partial charge in [-0.05, 0) is 12.1 Å². The summed E-state index contributed by atoms with van der Waals surface area (Å²) in [6.07, 6.45) is -0.746. The van der Waals surface area contributed by atoms with Gasteiger partial charge in [-0.2, -0.15) is 9.57 Å². The van der Waals surface area contributed by atoms with Crippen LogP contribution in [0, 0.1) is 11.3 Å². The largest absolute Gasteiger partial charge is 0.439 e. The Morgan fingerprint density at radius 3 is 2.50 bits per heavy atom. The van der Waals surface area contributed by atoms with E-state index < -0.39 is 28.1 Å². The third-order valence-corrected chi connectivity index (χ3v) is 5.49. The van der Waals surface area contributed by atoms with Crippen LogP contribution < -0.4 is 0 Å². The van der Waals surface area contributed by atoms with Crippen LogP contribution >= 0.6 is 0 Å². The lowest BCUT2D eigenvalue weighted by molar-refractivity contribution is -0.128. The second-order valence-electron chi connectivity index (χ2n) is 4.90. The standard InChI is InChI=1S/C13H11N3O5S/c14-5-9-3-1-2-4-11(9)22(19,20)15-6-10(7-15)16-12(17)8-21-13(16)18/h1-4,10H,6-8H2. The molecule has 9 heteroatoms. The molecule has 1 aromatic rings. The summed E-state index contributed by atoms with van der Waals surface area (Å²) in [7, 11) is -3.82. The smallest absolute Gasteiger partial charge is 0.417 e. The van der Waals surface area contributed by atoms with Gasteiger partial charge in [0.25, 0.3) is 5.91 Å². The number of hydrogen-bond donors (Lipinski definition) is 0. The van der Waals surface area contributed by atoms with E-state index in [1.807, 2.05) is 6.07 Å². The summed E-state index contributed by atoms with van der Waals surface area (Å²) >= 11 is 0. The van der Waals surface area contributed by atoms with E-state index in [-0.39, 0.29) is 30.2 Å². The topological polar surface area (TPSA) is 108 Å². The van der Waals surface area contributed by atoms with E-state index in [0.717, 1.165) is 9.21 Å². The van der Waals surface area contributed by atoms with Crippen molar-refractivity contribution >= 4 is 22.0 Å². The lowest BCUT2D eigenvalue weighted by Gasteiger charge is -2.40. The molecule has 2 saturated heterocycles. The third-order valence-electron chi connectivity index (χ3n) is 3.60. The molecule has 0 unspecified atom stereocenters. The van der Waals surface area contributed by atoms with Crippen LogP contribution in [0.15, 0.2) is 29.2 Å². The van der Waals surface area contributed by atoms with Crippen molar-refractivity contribution in [3.8, 4) is 6.07 Å². The quantitative estimate of drug-likeness (QED) is 0.770. The predicted octanol–water partition coefficient (Wildman–Crippen LogP) is -0.0900. The zero-order chi connectivity index (χ0) is 15.9. The Morgan fingerprint density at radius 2 is 1.91 bits per heavy atom. The maximum Gasteiger partial charge on any atom is 0.417 e. The first-order chi connectivity index (χ1) is 10.4. The van der Waals surface area contributed by atoms with Crippen LogP contribution in [-0.4, -0.2) is 55.4 Å². The number of hydrogen-bond acceptors (Lipinski definition) is 6. The Bertz CT molecular complexity index is 776. The highest BCUT2D eigenvalue weighted by molar-refractivity contribution is 7.89. The van der Waals surface area contributed by atoms with Crippen LogP contribution in [0.25, 0.3) is 0 Å². The summed E-state index contributed by atoms with van der Waals surface area (Å²) < 4.78 is 30.7. The number of carbonyl (C=O) groups is 2. The van der Waals surface area contributed by atoms with E-state index in [9.17, 15) is 18.0 Å². The molecule has 2 aliphatic rings. The van der Waals surface area contributed by atoms with Crippen LogP contribution in [0.5, 0.6) is 0 Å². The molecule has 0 radical (unpaired) electrons. The molecule has 2 aliphatic heterocycles. The number of amides is 2. The first-order valence-electron chi connectivity index (χ1n) is 6.43. The van der Waals surface area contributed by atoms with Crippen molar-refractivity contribution < 1.29 is 22.7 Å². The van der Waals surface area contributed by atoms with Crippen LogP contribution in [-0.2, 0) is 19.6 Å². The Kier molecular flexibility index (Phi) is 3.35. The first kappa shape index (κ1) is 14.5. The SMILES string of the molecule is N#Cc1ccccc1S(=O)(=O)N1CC(N2C(=O)COC2=O)C1. The lowest BCUT2D eigenvalue weighted by Crippen LogP contribution is -2.62.